The Morgan fingerprint density at radius 2 is 1.80 bits per heavy atom. The Morgan fingerprint density at radius 3 is 2.25 bits per heavy atom. The summed E-state index contributed by atoms with van der Waals surface area (Å²) in [4.78, 5) is 11.0. The Hall–Kier alpha value is -1.21. The van der Waals surface area contributed by atoms with Crippen LogP contribution in [0.15, 0.2) is 17.0 Å². The number of carbonyl (C=O) groups is 1. The van der Waals surface area contributed by atoms with Gasteiger partial charge in [0.15, 0.2) is 0 Å². The molecule has 0 aromatic heterocycles. The van der Waals surface area contributed by atoms with Gasteiger partial charge in [-0.25, -0.2) is 17.2 Å². The minimum atomic E-state index is -4.40. The highest BCUT2D eigenvalue weighted by Crippen LogP contribution is 2.22. The summed E-state index contributed by atoms with van der Waals surface area (Å²) >= 11 is 0. The molecule has 4 nitrogen and oxygen atoms in total. The largest absolute Gasteiger partial charge is 0.349 e. The van der Waals surface area contributed by atoms with Crippen molar-refractivity contribution in [2.24, 2.45) is 0 Å². The molecule has 0 saturated carbocycles. The van der Waals surface area contributed by atoms with E-state index in [1.807, 2.05) is 13.8 Å². The lowest BCUT2D eigenvalue weighted by Crippen LogP contribution is -2.34. The summed E-state index contributed by atoms with van der Waals surface area (Å²) in [5.74, 6) is -3.29. The third-order valence-corrected chi connectivity index (χ3v) is 4.19. The van der Waals surface area contributed by atoms with Crippen molar-refractivity contribution in [3.63, 3.8) is 0 Å². The molecule has 1 amide bonds. The molecule has 112 valence electrons. The van der Waals surface area contributed by atoms with Crippen molar-refractivity contribution < 1.29 is 22.0 Å². The number of rotatable bonds is 5. The van der Waals surface area contributed by atoms with Crippen LogP contribution in [0.5, 0.6) is 0 Å². The number of benzene rings is 1. The molecule has 0 heterocycles. The van der Waals surface area contributed by atoms with Crippen LogP contribution in [-0.4, -0.2) is 20.4 Å². The van der Waals surface area contributed by atoms with E-state index in [9.17, 15) is 22.0 Å². The van der Waals surface area contributed by atoms with Crippen molar-refractivity contribution in [1.82, 2.24) is 5.32 Å². The molecule has 1 rings (SSSR count). The van der Waals surface area contributed by atoms with E-state index < -0.39 is 37.1 Å². The molecule has 20 heavy (non-hydrogen) atoms. The Kier molecular flexibility index (Phi) is 5.47. The molecule has 1 aromatic carbocycles. The van der Waals surface area contributed by atoms with Gasteiger partial charge in [-0.3, -0.25) is 4.79 Å². The predicted octanol–water partition coefficient (Wildman–Crippen LogP) is 2.81. The topological polar surface area (TPSA) is 63.2 Å². The maximum absolute atomic E-state index is 13.6. The van der Waals surface area contributed by atoms with Crippen LogP contribution in [0.4, 0.5) is 8.78 Å². The van der Waals surface area contributed by atoms with E-state index in [-0.39, 0.29) is 6.04 Å². The number of hydrogen-bond acceptors (Lipinski definition) is 3. The highest BCUT2D eigenvalue weighted by Gasteiger charge is 2.23. The molecule has 0 saturated heterocycles. The monoisotopic (exact) mass is 325 g/mol. The van der Waals surface area contributed by atoms with Crippen LogP contribution in [0.25, 0.3) is 0 Å². The summed E-state index contributed by atoms with van der Waals surface area (Å²) in [5.41, 5.74) is -0.558. The van der Waals surface area contributed by atoms with Gasteiger partial charge in [-0.15, -0.1) is 0 Å². The summed E-state index contributed by atoms with van der Waals surface area (Å²) in [7, 11) is 0.636. The maximum atomic E-state index is 13.6. The molecular formula is C12H14ClF2NO3S. The van der Waals surface area contributed by atoms with Crippen LogP contribution in [0.2, 0.25) is 0 Å². The van der Waals surface area contributed by atoms with Crippen molar-refractivity contribution in [2.45, 2.75) is 37.6 Å². The molecule has 0 aliphatic heterocycles. The summed E-state index contributed by atoms with van der Waals surface area (Å²) in [6, 6.07) is 0.755. The SMILES string of the molecule is CCC(CC)NC(=O)c1cc(S(=O)(=O)Cl)c(F)cc1F. The van der Waals surface area contributed by atoms with E-state index in [1.165, 1.54) is 0 Å². The summed E-state index contributed by atoms with van der Waals surface area (Å²) in [6.45, 7) is 3.67. The molecule has 0 aliphatic rings. The van der Waals surface area contributed by atoms with Crippen molar-refractivity contribution in [3.8, 4) is 0 Å². The maximum Gasteiger partial charge on any atom is 0.264 e. The van der Waals surface area contributed by atoms with E-state index >= 15 is 0 Å². The molecule has 0 radical (unpaired) electrons. The van der Waals surface area contributed by atoms with Crippen LogP contribution in [0.3, 0.4) is 0 Å². The Balaban J connectivity index is 3.22. The molecule has 0 aliphatic carbocycles. The molecule has 0 bridgehead atoms. The minimum Gasteiger partial charge on any atom is -0.349 e. The van der Waals surface area contributed by atoms with Crippen LogP contribution in [-0.2, 0) is 9.05 Å². The van der Waals surface area contributed by atoms with Crippen LogP contribution >= 0.6 is 10.7 Å². The van der Waals surface area contributed by atoms with E-state index in [2.05, 4.69) is 5.32 Å². The van der Waals surface area contributed by atoms with Crippen molar-refractivity contribution in [2.75, 3.05) is 0 Å². The predicted molar refractivity (Wildman–Crippen MR) is 71.2 cm³/mol. The van der Waals surface area contributed by atoms with Crippen molar-refractivity contribution in [3.05, 3.63) is 29.3 Å². The molecule has 1 aromatic rings. The zero-order chi connectivity index (χ0) is 15.5. The Bertz CT molecular complexity index is 615. The smallest absolute Gasteiger partial charge is 0.264 e. The molecule has 8 heteroatoms. The highest BCUT2D eigenvalue weighted by atomic mass is 35.7. The van der Waals surface area contributed by atoms with E-state index in [1.54, 1.807) is 0 Å². The molecule has 0 unspecified atom stereocenters. The Labute approximate surface area is 120 Å². The lowest BCUT2D eigenvalue weighted by Gasteiger charge is -2.15. The van der Waals surface area contributed by atoms with Gasteiger partial charge in [-0.1, -0.05) is 13.8 Å². The normalized spacial score (nSPS) is 11.7. The van der Waals surface area contributed by atoms with E-state index in [0.29, 0.717) is 25.0 Å². The number of carbonyl (C=O) groups excluding carboxylic acids is 1. The highest BCUT2D eigenvalue weighted by molar-refractivity contribution is 8.13. The van der Waals surface area contributed by atoms with Gasteiger partial charge in [-0.05, 0) is 18.9 Å². The molecule has 0 fully saturated rings. The number of hydrogen-bond donors (Lipinski definition) is 1. The Morgan fingerprint density at radius 1 is 1.25 bits per heavy atom. The second-order valence-electron chi connectivity index (χ2n) is 4.19. The number of halogens is 3. The summed E-state index contributed by atoms with van der Waals surface area (Å²) < 4.78 is 49.2. The number of amides is 1. The van der Waals surface area contributed by atoms with Gasteiger partial charge in [-0.2, -0.15) is 0 Å². The molecule has 1 N–H and O–H groups in total. The van der Waals surface area contributed by atoms with Gasteiger partial charge < -0.3 is 5.32 Å². The van der Waals surface area contributed by atoms with Gasteiger partial charge in [0.25, 0.3) is 15.0 Å². The van der Waals surface area contributed by atoms with Crippen LogP contribution in [0, 0.1) is 11.6 Å². The molecular weight excluding hydrogens is 312 g/mol. The second kappa shape index (κ2) is 6.49. The quantitative estimate of drug-likeness (QED) is 0.847. The third-order valence-electron chi connectivity index (χ3n) is 2.85. The van der Waals surface area contributed by atoms with E-state index in [4.69, 9.17) is 10.7 Å². The fourth-order valence-electron chi connectivity index (χ4n) is 1.65. The van der Waals surface area contributed by atoms with Gasteiger partial charge >= 0.3 is 0 Å². The van der Waals surface area contributed by atoms with Crippen LogP contribution < -0.4 is 5.32 Å². The van der Waals surface area contributed by atoms with E-state index in [0.717, 1.165) is 0 Å². The zero-order valence-corrected chi connectivity index (χ0v) is 12.5. The van der Waals surface area contributed by atoms with Crippen molar-refractivity contribution >= 4 is 25.6 Å². The zero-order valence-electron chi connectivity index (χ0n) is 10.9. The van der Waals surface area contributed by atoms with Gasteiger partial charge in [0.1, 0.15) is 16.5 Å². The van der Waals surface area contributed by atoms with Crippen LogP contribution in [0.1, 0.15) is 37.0 Å². The average Bonchev–Trinajstić information content (AvgIpc) is 2.33. The van der Waals surface area contributed by atoms with Crippen molar-refractivity contribution in [1.29, 1.82) is 0 Å². The fraction of sp³-hybridized carbons (Fsp3) is 0.417. The summed E-state index contributed by atoms with van der Waals surface area (Å²) in [5, 5.41) is 2.53. The third kappa shape index (κ3) is 3.89. The number of nitrogens with one attached hydrogen (secondary N) is 1. The van der Waals surface area contributed by atoms with Gasteiger partial charge in [0.05, 0.1) is 5.56 Å². The first-order chi connectivity index (χ1) is 9.20. The van der Waals surface area contributed by atoms with Gasteiger partial charge in [0, 0.05) is 22.8 Å². The molecule has 0 spiro atoms. The lowest BCUT2D eigenvalue weighted by molar-refractivity contribution is 0.0930. The summed E-state index contributed by atoms with van der Waals surface area (Å²) in [6.07, 6.45) is 1.26. The standard InChI is InChI=1S/C12H14ClF2NO3S/c1-3-7(4-2)16-12(17)8-5-11(20(13,18)19)10(15)6-9(8)14/h5-7H,3-4H2,1-2H3,(H,16,17). The first kappa shape index (κ1) is 16.8. The molecule has 0 atom stereocenters. The minimum absolute atomic E-state index is 0.178. The first-order valence-electron chi connectivity index (χ1n) is 5.95. The lowest BCUT2D eigenvalue weighted by atomic mass is 10.1. The average molecular weight is 326 g/mol. The second-order valence-corrected chi connectivity index (χ2v) is 6.72. The van der Waals surface area contributed by atoms with Gasteiger partial charge in [0.2, 0.25) is 0 Å². The first-order valence-corrected chi connectivity index (χ1v) is 8.26. The fourth-order valence-corrected chi connectivity index (χ4v) is 2.55.